The molecule has 0 aliphatic rings. The molecule has 2 rings (SSSR count). The van der Waals surface area contributed by atoms with E-state index in [4.69, 9.17) is 9.84 Å². The Kier molecular flexibility index (Phi) is 6.46. The summed E-state index contributed by atoms with van der Waals surface area (Å²) in [5.74, 6) is 0.330. The number of ether oxygens (including phenoxy) is 1. The number of benzene rings is 1. The van der Waals surface area contributed by atoms with Crippen LogP contribution in [0, 0.1) is 6.92 Å². The lowest BCUT2D eigenvalue weighted by Crippen LogP contribution is -2.30. The molecule has 0 saturated carbocycles. The van der Waals surface area contributed by atoms with Crippen LogP contribution in [0.15, 0.2) is 24.5 Å². The second-order valence-corrected chi connectivity index (χ2v) is 5.43. The second kappa shape index (κ2) is 8.56. The molecule has 0 bridgehead atoms. The van der Waals surface area contributed by atoms with Gasteiger partial charge in [-0.25, -0.2) is 9.97 Å². The monoisotopic (exact) mass is 345 g/mol. The van der Waals surface area contributed by atoms with Gasteiger partial charge in [0.05, 0.1) is 25.6 Å². The predicted octanol–water partition coefficient (Wildman–Crippen LogP) is -0.897. The maximum absolute atomic E-state index is 12.0. The minimum absolute atomic E-state index is 0.132. The topological polar surface area (TPSA) is 116 Å². The third-order valence-electron chi connectivity index (χ3n) is 3.82. The van der Waals surface area contributed by atoms with E-state index in [-0.39, 0.29) is 44.7 Å². The molecule has 25 heavy (non-hydrogen) atoms. The summed E-state index contributed by atoms with van der Waals surface area (Å²) in [7, 11) is 1.35. The van der Waals surface area contributed by atoms with Crippen molar-refractivity contribution in [2.45, 2.75) is 13.5 Å². The van der Waals surface area contributed by atoms with Gasteiger partial charge in [0.1, 0.15) is 11.4 Å². The first kappa shape index (κ1) is 18.8. The molecule has 0 fully saturated rings. The van der Waals surface area contributed by atoms with Crippen molar-refractivity contribution < 1.29 is 24.8 Å². The Morgan fingerprint density at radius 2 is 2.04 bits per heavy atom. The summed E-state index contributed by atoms with van der Waals surface area (Å²) in [6.07, 6.45) is 2.63. The van der Waals surface area contributed by atoms with E-state index < -0.39 is 0 Å². The number of carbonyl (C=O) groups excluding carboxylic acids is 1. The highest BCUT2D eigenvalue weighted by Gasteiger charge is 2.15. The number of aliphatic hydroxyl groups is 2. The largest absolute Gasteiger partial charge is 0.449 e. The molecule has 0 spiro atoms. The number of amides is 1. The Morgan fingerprint density at radius 1 is 1.28 bits per heavy atom. The molecule has 8 nitrogen and oxygen atoms in total. The van der Waals surface area contributed by atoms with Gasteiger partial charge in [0.25, 0.3) is 5.91 Å². The summed E-state index contributed by atoms with van der Waals surface area (Å²) in [6, 6.07) is 3.35. The Morgan fingerprint density at radius 3 is 2.60 bits per heavy atom. The van der Waals surface area contributed by atoms with E-state index in [9.17, 15) is 14.9 Å². The van der Waals surface area contributed by atoms with Gasteiger partial charge in [0, 0.05) is 13.6 Å². The fourth-order valence-electron chi connectivity index (χ4n) is 2.31. The molecule has 0 radical (unpaired) electrons. The molecule has 1 amide bonds. The number of hydrogen-bond donors (Lipinski definition) is 3. The Hall–Kier alpha value is -2.49. The number of likely N-dealkylation sites (N-methyl/N-ethyl adjacent to an activating group) is 1. The molecule has 0 aliphatic heterocycles. The summed E-state index contributed by atoms with van der Waals surface area (Å²) in [5, 5.41) is 27.6. The SMILES string of the molecule is Cc1c(Oc2cnc(C(=O)N(C)CCO)cn2)ccc(CO)c1BO. The van der Waals surface area contributed by atoms with Gasteiger partial charge >= 0.3 is 7.48 Å². The molecular weight excluding hydrogens is 325 g/mol. The normalized spacial score (nSPS) is 10.4. The van der Waals surface area contributed by atoms with Crippen molar-refractivity contribution in [1.82, 2.24) is 14.9 Å². The number of aliphatic hydroxyl groups excluding tert-OH is 2. The maximum Gasteiger partial charge on any atom is 0.305 e. The van der Waals surface area contributed by atoms with E-state index in [1.54, 1.807) is 26.1 Å². The molecule has 1 heterocycles. The van der Waals surface area contributed by atoms with Crippen molar-refractivity contribution in [2.75, 3.05) is 20.2 Å². The van der Waals surface area contributed by atoms with Crippen LogP contribution in [0.4, 0.5) is 0 Å². The number of hydrogen-bond acceptors (Lipinski definition) is 7. The summed E-state index contributed by atoms with van der Waals surface area (Å²) < 4.78 is 5.66. The lowest BCUT2D eigenvalue weighted by Gasteiger charge is -2.15. The number of carbonyl (C=O) groups is 1. The molecule has 0 saturated heterocycles. The first-order chi connectivity index (χ1) is 12.0. The maximum atomic E-state index is 12.0. The zero-order chi connectivity index (χ0) is 18.4. The van der Waals surface area contributed by atoms with Gasteiger partial charge in [0.2, 0.25) is 5.88 Å². The number of aromatic nitrogens is 2. The van der Waals surface area contributed by atoms with Crippen molar-refractivity contribution in [2.24, 2.45) is 0 Å². The van der Waals surface area contributed by atoms with Crippen LogP contribution in [0.3, 0.4) is 0 Å². The van der Waals surface area contributed by atoms with Crippen LogP contribution in [0.5, 0.6) is 11.6 Å². The fraction of sp³-hybridized carbons (Fsp3) is 0.312. The molecule has 132 valence electrons. The van der Waals surface area contributed by atoms with Crippen molar-refractivity contribution in [3.8, 4) is 11.6 Å². The summed E-state index contributed by atoms with van der Waals surface area (Å²) in [5.41, 5.74) is 2.07. The van der Waals surface area contributed by atoms with Crippen molar-refractivity contribution >= 4 is 18.9 Å². The summed E-state index contributed by atoms with van der Waals surface area (Å²) in [6.45, 7) is 1.68. The average molecular weight is 345 g/mol. The smallest absolute Gasteiger partial charge is 0.305 e. The van der Waals surface area contributed by atoms with Crippen LogP contribution in [-0.4, -0.2) is 63.7 Å². The van der Waals surface area contributed by atoms with E-state index in [1.807, 2.05) is 0 Å². The predicted molar refractivity (Wildman–Crippen MR) is 92.3 cm³/mol. The Balaban J connectivity index is 2.18. The van der Waals surface area contributed by atoms with Gasteiger partial charge in [-0.1, -0.05) is 6.07 Å². The molecule has 0 aliphatic carbocycles. The fourth-order valence-corrected chi connectivity index (χ4v) is 2.31. The van der Waals surface area contributed by atoms with Crippen LogP contribution < -0.4 is 10.2 Å². The highest BCUT2D eigenvalue weighted by molar-refractivity contribution is 6.47. The van der Waals surface area contributed by atoms with Gasteiger partial charge in [-0.2, -0.15) is 0 Å². The van der Waals surface area contributed by atoms with E-state index >= 15 is 0 Å². The molecule has 1 aromatic heterocycles. The molecule has 3 N–H and O–H groups in total. The van der Waals surface area contributed by atoms with Gasteiger partial charge < -0.3 is 24.9 Å². The lowest BCUT2D eigenvalue weighted by atomic mass is 9.80. The van der Waals surface area contributed by atoms with E-state index in [2.05, 4.69) is 9.97 Å². The molecule has 0 atom stereocenters. The molecule has 1 aromatic carbocycles. The van der Waals surface area contributed by atoms with E-state index in [1.165, 1.54) is 17.3 Å². The van der Waals surface area contributed by atoms with Gasteiger partial charge in [0.15, 0.2) is 0 Å². The average Bonchev–Trinajstić information content (AvgIpc) is 2.63. The highest BCUT2D eigenvalue weighted by Crippen LogP contribution is 2.23. The van der Waals surface area contributed by atoms with Crippen molar-refractivity contribution in [3.05, 3.63) is 41.3 Å². The standard InChI is InChI=1S/C16H20BN3O5/c1-10-13(4-3-11(9-22)15(10)17-24)25-14-8-18-12(7-19-14)16(23)20(2)5-6-21/h3-4,7-8,17,21-22,24H,5-6,9H2,1-2H3. The van der Waals surface area contributed by atoms with Crippen LogP contribution in [-0.2, 0) is 6.61 Å². The van der Waals surface area contributed by atoms with Crippen LogP contribution in [0.1, 0.15) is 21.6 Å². The second-order valence-electron chi connectivity index (χ2n) is 5.43. The third kappa shape index (κ3) is 4.33. The van der Waals surface area contributed by atoms with Crippen molar-refractivity contribution in [1.29, 1.82) is 0 Å². The molecule has 0 unspecified atom stereocenters. The Bertz CT molecular complexity index is 739. The summed E-state index contributed by atoms with van der Waals surface area (Å²) in [4.78, 5) is 21.5. The van der Waals surface area contributed by atoms with E-state index in [0.717, 1.165) is 0 Å². The first-order valence-electron chi connectivity index (χ1n) is 7.71. The minimum Gasteiger partial charge on any atom is -0.449 e. The molecule has 2 aromatic rings. The summed E-state index contributed by atoms with van der Waals surface area (Å²) >= 11 is 0. The molecule has 9 heteroatoms. The number of nitrogens with zero attached hydrogens (tertiary/aromatic N) is 3. The van der Waals surface area contributed by atoms with Crippen LogP contribution in [0.25, 0.3) is 0 Å². The van der Waals surface area contributed by atoms with Gasteiger partial charge in [-0.3, -0.25) is 4.79 Å². The van der Waals surface area contributed by atoms with Crippen molar-refractivity contribution in [3.63, 3.8) is 0 Å². The Labute approximate surface area is 146 Å². The quantitative estimate of drug-likeness (QED) is 0.557. The first-order valence-corrected chi connectivity index (χ1v) is 7.71. The zero-order valence-electron chi connectivity index (χ0n) is 14.1. The van der Waals surface area contributed by atoms with Gasteiger partial charge in [-0.05, 0) is 29.6 Å². The van der Waals surface area contributed by atoms with Crippen LogP contribution in [0.2, 0.25) is 0 Å². The minimum atomic E-state index is -0.348. The lowest BCUT2D eigenvalue weighted by molar-refractivity contribution is 0.0760. The van der Waals surface area contributed by atoms with Gasteiger partial charge in [-0.15, -0.1) is 0 Å². The zero-order valence-corrected chi connectivity index (χ0v) is 14.1. The van der Waals surface area contributed by atoms with E-state index in [0.29, 0.717) is 22.3 Å². The third-order valence-corrected chi connectivity index (χ3v) is 3.82. The molecular formula is C16H20BN3O5. The van der Waals surface area contributed by atoms with Crippen LogP contribution >= 0.6 is 0 Å². The number of rotatable bonds is 7. The highest BCUT2D eigenvalue weighted by atomic mass is 16.5.